The predicted octanol–water partition coefficient (Wildman–Crippen LogP) is 5.01. The van der Waals surface area contributed by atoms with E-state index >= 15 is 0 Å². The highest BCUT2D eigenvalue weighted by molar-refractivity contribution is 7.09. The minimum atomic E-state index is 0.0137. The molecule has 2 nitrogen and oxygen atoms in total. The Hall–Kier alpha value is -0.610. The van der Waals surface area contributed by atoms with Gasteiger partial charge in [0.15, 0.2) is 0 Å². The van der Waals surface area contributed by atoms with Crippen LogP contribution in [0.15, 0.2) is 29.8 Å². The van der Waals surface area contributed by atoms with E-state index < -0.39 is 0 Å². The quantitative estimate of drug-likeness (QED) is 0.854. The van der Waals surface area contributed by atoms with Gasteiger partial charge < -0.3 is 5.32 Å². The summed E-state index contributed by atoms with van der Waals surface area (Å²) in [6, 6.07) is 5.60. The van der Waals surface area contributed by atoms with Crippen molar-refractivity contribution in [3.05, 3.63) is 50.4 Å². The lowest BCUT2D eigenvalue weighted by Crippen LogP contribution is -2.39. The molecule has 20 heavy (non-hydrogen) atoms. The SMILES string of the molecule is Clc1ccc(Cl)c(CNC2(c3nccs3)CCCC2)c1. The second kappa shape index (κ2) is 6.02. The van der Waals surface area contributed by atoms with Gasteiger partial charge in [-0.1, -0.05) is 36.0 Å². The summed E-state index contributed by atoms with van der Waals surface area (Å²) < 4.78 is 0. The molecule has 0 radical (unpaired) electrons. The average molecular weight is 327 g/mol. The van der Waals surface area contributed by atoms with Gasteiger partial charge in [0.1, 0.15) is 5.01 Å². The van der Waals surface area contributed by atoms with Gasteiger partial charge in [-0.3, -0.25) is 0 Å². The van der Waals surface area contributed by atoms with Crippen LogP contribution >= 0.6 is 34.5 Å². The number of hydrogen-bond acceptors (Lipinski definition) is 3. The number of rotatable bonds is 4. The molecule has 0 spiro atoms. The smallest absolute Gasteiger partial charge is 0.113 e. The van der Waals surface area contributed by atoms with Gasteiger partial charge in [0, 0.05) is 28.2 Å². The van der Waals surface area contributed by atoms with Crippen LogP contribution in [-0.2, 0) is 12.1 Å². The summed E-state index contributed by atoms with van der Waals surface area (Å²) in [5.74, 6) is 0. The van der Waals surface area contributed by atoms with E-state index in [4.69, 9.17) is 23.2 Å². The third-order valence-corrected chi connectivity index (χ3v) is 5.50. The zero-order chi connectivity index (χ0) is 14.0. The predicted molar refractivity (Wildman–Crippen MR) is 85.6 cm³/mol. The molecule has 0 bridgehead atoms. The van der Waals surface area contributed by atoms with E-state index in [1.165, 1.54) is 17.8 Å². The Balaban J connectivity index is 1.80. The summed E-state index contributed by atoms with van der Waals surface area (Å²) in [4.78, 5) is 4.52. The molecule has 106 valence electrons. The second-order valence-corrected chi connectivity index (χ2v) is 6.95. The van der Waals surface area contributed by atoms with Crippen LogP contribution in [0.25, 0.3) is 0 Å². The minimum absolute atomic E-state index is 0.0137. The fraction of sp³-hybridized carbons (Fsp3) is 0.400. The minimum Gasteiger partial charge on any atom is -0.301 e. The Morgan fingerprint density at radius 1 is 1.25 bits per heavy atom. The molecule has 1 fully saturated rings. The van der Waals surface area contributed by atoms with Crippen LogP contribution in [0.2, 0.25) is 10.0 Å². The maximum atomic E-state index is 6.24. The van der Waals surface area contributed by atoms with Crippen molar-refractivity contribution in [1.29, 1.82) is 0 Å². The first kappa shape index (κ1) is 14.3. The van der Waals surface area contributed by atoms with Crippen LogP contribution < -0.4 is 5.32 Å². The van der Waals surface area contributed by atoms with E-state index in [-0.39, 0.29) is 5.54 Å². The monoisotopic (exact) mass is 326 g/mol. The normalized spacial score (nSPS) is 17.5. The molecule has 0 atom stereocenters. The van der Waals surface area contributed by atoms with E-state index in [0.29, 0.717) is 0 Å². The van der Waals surface area contributed by atoms with Crippen molar-refractivity contribution in [1.82, 2.24) is 10.3 Å². The molecular formula is C15H16Cl2N2S. The van der Waals surface area contributed by atoms with Gasteiger partial charge >= 0.3 is 0 Å². The highest BCUT2D eigenvalue weighted by atomic mass is 35.5. The molecule has 3 rings (SSSR count). The lowest BCUT2D eigenvalue weighted by molar-refractivity contribution is 0.337. The molecule has 1 aromatic carbocycles. The molecule has 1 N–H and O–H groups in total. The van der Waals surface area contributed by atoms with Crippen LogP contribution in [0.1, 0.15) is 36.3 Å². The standard InChI is InChI=1S/C15H16Cl2N2S/c16-12-3-4-13(17)11(9-12)10-19-15(5-1-2-6-15)14-18-7-8-20-14/h3-4,7-9,19H,1-2,5-6,10H2. The molecule has 2 aromatic rings. The van der Waals surface area contributed by atoms with Gasteiger partial charge in [-0.2, -0.15) is 0 Å². The molecular weight excluding hydrogens is 311 g/mol. The van der Waals surface area contributed by atoms with E-state index in [9.17, 15) is 0 Å². The van der Waals surface area contributed by atoms with Crippen molar-refractivity contribution >= 4 is 34.5 Å². The summed E-state index contributed by atoms with van der Waals surface area (Å²) >= 11 is 14.0. The van der Waals surface area contributed by atoms with Gasteiger partial charge in [0.05, 0.1) is 5.54 Å². The second-order valence-electron chi connectivity index (χ2n) is 5.22. The first-order chi connectivity index (χ1) is 9.70. The largest absolute Gasteiger partial charge is 0.301 e. The fourth-order valence-corrected chi connectivity index (χ4v) is 4.10. The number of nitrogens with one attached hydrogen (secondary N) is 1. The third-order valence-electron chi connectivity index (χ3n) is 3.92. The van der Waals surface area contributed by atoms with Gasteiger partial charge in [0.2, 0.25) is 0 Å². The Morgan fingerprint density at radius 2 is 2.05 bits per heavy atom. The van der Waals surface area contributed by atoms with Gasteiger partial charge in [0.25, 0.3) is 0 Å². The maximum absolute atomic E-state index is 6.24. The van der Waals surface area contributed by atoms with Gasteiger partial charge in [-0.15, -0.1) is 11.3 Å². The maximum Gasteiger partial charge on any atom is 0.113 e. The first-order valence-electron chi connectivity index (χ1n) is 6.79. The summed E-state index contributed by atoms with van der Waals surface area (Å²) in [5, 5.41) is 8.40. The summed E-state index contributed by atoms with van der Waals surface area (Å²) in [6.45, 7) is 0.721. The molecule has 1 aliphatic rings. The molecule has 0 aliphatic heterocycles. The zero-order valence-electron chi connectivity index (χ0n) is 11.0. The average Bonchev–Trinajstić information content (AvgIpc) is 3.10. The zero-order valence-corrected chi connectivity index (χ0v) is 13.4. The van der Waals surface area contributed by atoms with Crippen molar-refractivity contribution in [2.24, 2.45) is 0 Å². The summed E-state index contributed by atoms with van der Waals surface area (Å²) in [7, 11) is 0. The summed E-state index contributed by atoms with van der Waals surface area (Å²) in [6.07, 6.45) is 6.65. The molecule has 0 amide bonds. The van der Waals surface area contributed by atoms with E-state index in [1.54, 1.807) is 11.3 Å². The fourth-order valence-electron chi connectivity index (χ4n) is 2.85. The van der Waals surface area contributed by atoms with E-state index in [2.05, 4.69) is 10.3 Å². The van der Waals surface area contributed by atoms with Crippen LogP contribution in [0, 0.1) is 0 Å². The number of benzene rings is 1. The van der Waals surface area contributed by atoms with E-state index in [1.807, 2.05) is 29.8 Å². The van der Waals surface area contributed by atoms with Crippen LogP contribution in [0.4, 0.5) is 0 Å². The number of halogens is 2. The van der Waals surface area contributed by atoms with Crippen molar-refractivity contribution in [3.63, 3.8) is 0 Å². The highest BCUT2D eigenvalue weighted by Gasteiger charge is 2.37. The van der Waals surface area contributed by atoms with Crippen molar-refractivity contribution < 1.29 is 0 Å². The molecule has 1 saturated carbocycles. The summed E-state index contributed by atoms with van der Waals surface area (Å²) in [5.41, 5.74) is 1.06. The third kappa shape index (κ3) is 2.86. The molecule has 1 aliphatic carbocycles. The van der Waals surface area contributed by atoms with Crippen molar-refractivity contribution in [2.75, 3.05) is 0 Å². The molecule has 5 heteroatoms. The Bertz CT molecular complexity index is 578. The number of nitrogens with zero attached hydrogens (tertiary/aromatic N) is 1. The Labute approximate surface area is 133 Å². The lowest BCUT2D eigenvalue weighted by Gasteiger charge is -2.28. The number of thiazole rings is 1. The van der Waals surface area contributed by atoms with E-state index in [0.717, 1.165) is 35.0 Å². The molecule has 0 unspecified atom stereocenters. The van der Waals surface area contributed by atoms with Crippen LogP contribution in [-0.4, -0.2) is 4.98 Å². The first-order valence-corrected chi connectivity index (χ1v) is 8.42. The van der Waals surface area contributed by atoms with Crippen molar-refractivity contribution in [3.8, 4) is 0 Å². The Kier molecular flexibility index (Phi) is 4.32. The van der Waals surface area contributed by atoms with Crippen molar-refractivity contribution in [2.45, 2.75) is 37.8 Å². The highest BCUT2D eigenvalue weighted by Crippen LogP contribution is 2.40. The lowest BCUT2D eigenvalue weighted by atomic mass is 9.98. The molecule has 0 saturated heterocycles. The molecule has 1 aromatic heterocycles. The number of aromatic nitrogens is 1. The number of hydrogen-bond donors (Lipinski definition) is 1. The molecule has 1 heterocycles. The van der Waals surface area contributed by atoms with Crippen LogP contribution in [0.3, 0.4) is 0 Å². The van der Waals surface area contributed by atoms with Gasteiger partial charge in [-0.05, 0) is 36.6 Å². The Morgan fingerprint density at radius 3 is 2.75 bits per heavy atom. The van der Waals surface area contributed by atoms with Crippen LogP contribution in [0.5, 0.6) is 0 Å². The van der Waals surface area contributed by atoms with Gasteiger partial charge in [-0.25, -0.2) is 4.98 Å². The topological polar surface area (TPSA) is 24.9 Å².